The second-order valence-electron chi connectivity index (χ2n) is 5.62. The van der Waals surface area contributed by atoms with Crippen LogP contribution in [0, 0.1) is 0 Å². The lowest BCUT2D eigenvalue weighted by Crippen LogP contribution is -2.47. The molecule has 124 valence electrons. The van der Waals surface area contributed by atoms with Crippen LogP contribution in [0.25, 0.3) is 0 Å². The van der Waals surface area contributed by atoms with Crippen molar-refractivity contribution in [1.82, 2.24) is 0 Å². The molecule has 5 heteroatoms. The highest BCUT2D eigenvalue weighted by molar-refractivity contribution is 6.00. The van der Waals surface area contributed by atoms with Crippen molar-refractivity contribution in [2.45, 2.75) is 12.5 Å². The number of nitrogens with two attached hydrogens (primary N) is 1. The van der Waals surface area contributed by atoms with Gasteiger partial charge in [0.15, 0.2) is 6.10 Å². The van der Waals surface area contributed by atoms with E-state index in [0.29, 0.717) is 24.4 Å². The third kappa shape index (κ3) is 3.06. The summed E-state index contributed by atoms with van der Waals surface area (Å²) in [5, 5.41) is 0. The summed E-state index contributed by atoms with van der Waals surface area (Å²) in [5.41, 5.74) is 8.17. The molecule has 0 saturated heterocycles. The zero-order chi connectivity index (χ0) is 17.1. The summed E-state index contributed by atoms with van der Waals surface area (Å²) >= 11 is 0. The van der Waals surface area contributed by atoms with Crippen LogP contribution in [-0.4, -0.2) is 25.7 Å². The van der Waals surface area contributed by atoms with Gasteiger partial charge in [0.2, 0.25) is 0 Å². The topological polar surface area (TPSA) is 64.8 Å². The lowest BCUT2D eigenvalue weighted by atomic mass is 10.0. The first-order chi connectivity index (χ1) is 11.6. The van der Waals surface area contributed by atoms with Crippen molar-refractivity contribution in [3.8, 4) is 11.5 Å². The zero-order valence-corrected chi connectivity index (χ0v) is 13.6. The van der Waals surface area contributed by atoms with Crippen molar-refractivity contribution in [3.05, 3.63) is 60.7 Å². The van der Waals surface area contributed by atoms with E-state index in [-0.39, 0.29) is 5.91 Å². The van der Waals surface area contributed by atoms with Crippen molar-refractivity contribution < 1.29 is 14.3 Å². The minimum atomic E-state index is -0.590. The highest BCUT2D eigenvalue weighted by Crippen LogP contribution is 2.36. The Balaban J connectivity index is 1.88. The van der Waals surface area contributed by atoms with Gasteiger partial charge in [-0.25, -0.2) is 0 Å². The standard InChI is InChI=1S/C19H20N2O3/c1-3-10-21-16-9-6-14(20)12-17(16)24-18(19(21)22)11-13-4-7-15(23-2)8-5-13/h3-9,12,18H,1,10-11,20H2,2H3. The molecule has 2 aromatic rings. The van der Waals surface area contributed by atoms with Crippen LogP contribution < -0.4 is 20.1 Å². The molecular weight excluding hydrogens is 304 g/mol. The van der Waals surface area contributed by atoms with E-state index in [1.165, 1.54) is 0 Å². The largest absolute Gasteiger partial charge is 0.497 e. The van der Waals surface area contributed by atoms with E-state index in [1.54, 1.807) is 36.3 Å². The molecule has 0 spiro atoms. The number of nitrogen functional groups attached to an aromatic ring is 1. The van der Waals surface area contributed by atoms with Crippen LogP contribution in [-0.2, 0) is 11.2 Å². The number of fused-ring (bicyclic) bond motifs is 1. The normalized spacial score (nSPS) is 16.3. The van der Waals surface area contributed by atoms with Crippen LogP contribution in [0.15, 0.2) is 55.1 Å². The molecule has 3 rings (SSSR count). The fourth-order valence-corrected chi connectivity index (χ4v) is 2.77. The zero-order valence-electron chi connectivity index (χ0n) is 13.6. The monoisotopic (exact) mass is 324 g/mol. The molecule has 1 atom stereocenters. The van der Waals surface area contributed by atoms with Gasteiger partial charge in [0.05, 0.1) is 12.8 Å². The van der Waals surface area contributed by atoms with Gasteiger partial charge in [-0.15, -0.1) is 6.58 Å². The highest BCUT2D eigenvalue weighted by Gasteiger charge is 2.33. The van der Waals surface area contributed by atoms with Gasteiger partial charge >= 0.3 is 0 Å². The SMILES string of the molecule is C=CCN1C(=O)C(Cc2ccc(OC)cc2)Oc2cc(N)ccc21. The summed E-state index contributed by atoms with van der Waals surface area (Å²) in [5.74, 6) is 1.32. The van der Waals surface area contributed by atoms with Crippen LogP contribution in [0.1, 0.15) is 5.56 Å². The van der Waals surface area contributed by atoms with Crippen molar-refractivity contribution >= 4 is 17.3 Å². The van der Waals surface area contributed by atoms with Crippen LogP contribution in [0.4, 0.5) is 11.4 Å². The van der Waals surface area contributed by atoms with Gasteiger partial charge in [0.1, 0.15) is 11.5 Å². The maximum Gasteiger partial charge on any atom is 0.268 e. The first kappa shape index (κ1) is 15.9. The number of nitrogens with zero attached hydrogens (tertiary/aromatic N) is 1. The number of carbonyl (C=O) groups excluding carboxylic acids is 1. The first-order valence-corrected chi connectivity index (χ1v) is 7.73. The summed E-state index contributed by atoms with van der Waals surface area (Å²) in [7, 11) is 1.62. The Hall–Kier alpha value is -2.95. The quantitative estimate of drug-likeness (QED) is 0.678. The fraction of sp³-hybridized carbons (Fsp3) is 0.211. The Bertz CT molecular complexity index is 756. The molecule has 1 aliphatic heterocycles. The molecule has 2 N–H and O–H groups in total. The summed E-state index contributed by atoms with van der Waals surface area (Å²) in [6.07, 6.45) is 1.59. The van der Waals surface area contributed by atoms with E-state index in [1.807, 2.05) is 24.3 Å². The van der Waals surface area contributed by atoms with E-state index in [2.05, 4.69) is 6.58 Å². The second kappa shape index (κ2) is 6.66. The van der Waals surface area contributed by atoms with Gasteiger partial charge in [-0.2, -0.15) is 0 Å². The molecule has 24 heavy (non-hydrogen) atoms. The van der Waals surface area contributed by atoms with Gasteiger partial charge in [0, 0.05) is 24.7 Å². The van der Waals surface area contributed by atoms with Gasteiger partial charge in [-0.05, 0) is 29.8 Å². The number of rotatable bonds is 5. The van der Waals surface area contributed by atoms with Crippen LogP contribution in [0.3, 0.4) is 0 Å². The summed E-state index contributed by atoms with van der Waals surface area (Å²) in [6.45, 7) is 4.16. The smallest absolute Gasteiger partial charge is 0.268 e. The molecule has 1 unspecified atom stereocenters. The van der Waals surface area contributed by atoms with Crippen LogP contribution in [0.5, 0.6) is 11.5 Å². The highest BCUT2D eigenvalue weighted by atomic mass is 16.5. The summed E-state index contributed by atoms with van der Waals surface area (Å²) in [6, 6.07) is 12.9. The number of anilines is 2. The van der Waals surface area contributed by atoms with Crippen molar-refractivity contribution in [1.29, 1.82) is 0 Å². The van der Waals surface area contributed by atoms with E-state index in [0.717, 1.165) is 17.0 Å². The molecule has 2 aromatic carbocycles. The number of hydrogen-bond acceptors (Lipinski definition) is 4. The van der Waals surface area contributed by atoms with Crippen LogP contribution in [0.2, 0.25) is 0 Å². The molecular formula is C19H20N2O3. The molecule has 5 nitrogen and oxygen atoms in total. The van der Waals surface area contributed by atoms with Crippen molar-refractivity contribution in [3.63, 3.8) is 0 Å². The Morgan fingerprint density at radius 2 is 2.04 bits per heavy atom. The first-order valence-electron chi connectivity index (χ1n) is 7.73. The van der Waals surface area contributed by atoms with Crippen molar-refractivity contribution in [2.24, 2.45) is 0 Å². The van der Waals surface area contributed by atoms with E-state index in [9.17, 15) is 4.79 Å². The molecule has 1 aliphatic rings. The number of methoxy groups -OCH3 is 1. The molecule has 0 bridgehead atoms. The van der Waals surface area contributed by atoms with E-state index in [4.69, 9.17) is 15.2 Å². The molecule has 0 aromatic heterocycles. The molecule has 1 amide bonds. The lowest BCUT2D eigenvalue weighted by Gasteiger charge is -2.34. The second-order valence-corrected chi connectivity index (χ2v) is 5.62. The average Bonchev–Trinajstić information content (AvgIpc) is 2.59. The summed E-state index contributed by atoms with van der Waals surface area (Å²) in [4.78, 5) is 14.5. The Kier molecular flexibility index (Phi) is 4.42. The molecule has 0 aliphatic carbocycles. The maximum absolute atomic E-state index is 12.8. The van der Waals surface area contributed by atoms with Gasteiger partial charge in [0.25, 0.3) is 5.91 Å². The molecule has 0 radical (unpaired) electrons. The molecule has 0 saturated carbocycles. The van der Waals surface area contributed by atoms with Crippen LogP contribution >= 0.6 is 0 Å². The van der Waals surface area contributed by atoms with Crippen molar-refractivity contribution in [2.75, 3.05) is 24.3 Å². The van der Waals surface area contributed by atoms with Gasteiger partial charge in [-0.3, -0.25) is 4.79 Å². The molecule has 0 fully saturated rings. The Morgan fingerprint density at radius 3 is 2.71 bits per heavy atom. The van der Waals surface area contributed by atoms with Gasteiger partial charge < -0.3 is 20.1 Å². The summed E-state index contributed by atoms with van der Waals surface area (Å²) < 4.78 is 11.1. The minimum Gasteiger partial charge on any atom is -0.497 e. The number of hydrogen-bond donors (Lipinski definition) is 1. The van der Waals surface area contributed by atoms with Gasteiger partial charge in [-0.1, -0.05) is 18.2 Å². The third-order valence-corrected chi connectivity index (χ3v) is 3.98. The number of benzene rings is 2. The minimum absolute atomic E-state index is 0.0806. The fourth-order valence-electron chi connectivity index (χ4n) is 2.77. The third-order valence-electron chi connectivity index (χ3n) is 3.98. The predicted octanol–water partition coefficient (Wildman–Crippen LogP) is 2.80. The number of ether oxygens (including phenoxy) is 2. The predicted molar refractivity (Wildman–Crippen MR) is 94.5 cm³/mol. The Morgan fingerprint density at radius 1 is 1.29 bits per heavy atom. The van der Waals surface area contributed by atoms with E-state index < -0.39 is 6.10 Å². The average molecular weight is 324 g/mol. The van der Waals surface area contributed by atoms with E-state index >= 15 is 0 Å². The maximum atomic E-state index is 12.8. The Labute approximate surface area is 141 Å². The lowest BCUT2D eigenvalue weighted by molar-refractivity contribution is -0.126. The number of carbonyl (C=O) groups is 1. The molecule has 1 heterocycles. The number of amides is 1.